The van der Waals surface area contributed by atoms with Crippen LogP contribution < -0.4 is 0 Å². The summed E-state index contributed by atoms with van der Waals surface area (Å²) in [6, 6.07) is 18.0. The van der Waals surface area contributed by atoms with Gasteiger partial charge < -0.3 is 18.8 Å². The Kier molecular flexibility index (Phi) is 7.77. The van der Waals surface area contributed by atoms with Crippen molar-refractivity contribution in [2.24, 2.45) is 5.41 Å². The molecule has 1 aliphatic carbocycles. The smallest absolute Gasteiger partial charge is 0.335 e. The number of esters is 3. The van der Waals surface area contributed by atoms with Crippen LogP contribution in [0.2, 0.25) is 0 Å². The maximum absolute atomic E-state index is 13.7. The second-order valence-corrected chi connectivity index (χ2v) is 8.87. The highest BCUT2D eigenvalue weighted by Gasteiger charge is 2.64. The first-order valence-electron chi connectivity index (χ1n) is 12.7. The number of carbonyl (C=O) groups excluding carboxylic acids is 3. The highest BCUT2D eigenvalue weighted by Crippen LogP contribution is 2.49. The Hall–Kier alpha value is -3.61. The minimum Gasteiger partial charge on any atom is -0.465 e. The Bertz CT molecular complexity index is 1200. The maximum Gasteiger partial charge on any atom is 0.335 e. The van der Waals surface area contributed by atoms with E-state index in [1.54, 1.807) is 20.8 Å². The minimum atomic E-state index is -2.25. The van der Waals surface area contributed by atoms with E-state index in [4.69, 9.17) is 14.2 Å². The molecule has 0 amide bonds. The Balaban J connectivity index is 2.01. The summed E-state index contributed by atoms with van der Waals surface area (Å²) < 4.78 is 18.3. The van der Waals surface area contributed by atoms with Gasteiger partial charge in [-0.2, -0.15) is 0 Å². The van der Waals surface area contributed by atoms with Crippen LogP contribution in [0.15, 0.2) is 54.6 Å². The van der Waals surface area contributed by atoms with Crippen molar-refractivity contribution in [1.29, 1.82) is 0 Å². The molecule has 0 unspecified atom stereocenters. The van der Waals surface area contributed by atoms with Gasteiger partial charge in [-0.05, 0) is 57.2 Å². The van der Waals surface area contributed by atoms with E-state index in [1.807, 2.05) is 48.5 Å². The summed E-state index contributed by atoms with van der Waals surface area (Å²) in [7, 11) is 0. The monoisotopic (exact) mass is 491 g/mol. The standard InChI is InChI=1S/C29H33NO6/c1-4-34-26(31)29(27(32)35-5-2,28(33)36-6-3)23-17-12-16-22-21-15-10-11-18-24(21)30(25(22)23)19-20-13-8-7-9-14-20/h7-11,13-15,18,23H,4-6,12,16-17,19H2,1-3H3/t23-/m1/s1. The van der Waals surface area contributed by atoms with E-state index in [0.717, 1.165) is 34.1 Å². The highest BCUT2D eigenvalue weighted by molar-refractivity contribution is 6.19. The molecule has 1 atom stereocenters. The van der Waals surface area contributed by atoms with Gasteiger partial charge >= 0.3 is 17.9 Å². The molecule has 0 aliphatic heterocycles. The molecule has 2 aromatic carbocycles. The van der Waals surface area contributed by atoms with Gasteiger partial charge in [-0.3, -0.25) is 14.4 Å². The molecule has 0 bridgehead atoms. The lowest BCUT2D eigenvalue weighted by molar-refractivity contribution is -0.186. The van der Waals surface area contributed by atoms with Crippen molar-refractivity contribution in [1.82, 2.24) is 4.57 Å². The van der Waals surface area contributed by atoms with Crippen molar-refractivity contribution in [2.45, 2.75) is 52.5 Å². The van der Waals surface area contributed by atoms with Gasteiger partial charge in [-0.15, -0.1) is 0 Å². The van der Waals surface area contributed by atoms with Gasteiger partial charge in [0.2, 0.25) is 0 Å². The number of fused-ring (bicyclic) bond motifs is 3. The molecule has 7 heteroatoms. The highest BCUT2D eigenvalue weighted by atomic mass is 16.6. The van der Waals surface area contributed by atoms with E-state index in [-0.39, 0.29) is 19.8 Å². The molecule has 1 aromatic heterocycles. The molecule has 36 heavy (non-hydrogen) atoms. The second-order valence-electron chi connectivity index (χ2n) is 8.87. The first-order chi connectivity index (χ1) is 17.5. The Morgan fingerprint density at radius 3 is 1.97 bits per heavy atom. The van der Waals surface area contributed by atoms with E-state index in [9.17, 15) is 14.4 Å². The van der Waals surface area contributed by atoms with Crippen LogP contribution in [-0.2, 0) is 41.6 Å². The summed E-state index contributed by atoms with van der Waals surface area (Å²) in [6.45, 7) is 5.54. The number of hydrogen-bond donors (Lipinski definition) is 0. The maximum atomic E-state index is 13.7. The SMILES string of the molecule is CCOC(=O)C(C(=O)OCC)(C(=O)OCC)[C@@H]1CCCc2c1n(Cc1ccccc1)c1ccccc21. The number of hydrogen-bond acceptors (Lipinski definition) is 6. The number of aryl methyl sites for hydroxylation is 1. The zero-order chi connectivity index (χ0) is 25.7. The molecule has 0 N–H and O–H groups in total. The van der Waals surface area contributed by atoms with Crippen molar-refractivity contribution in [2.75, 3.05) is 19.8 Å². The minimum absolute atomic E-state index is 0.0198. The number of para-hydroxylation sites is 1. The van der Waals surface area contributed by atoms with Gasteiger partial charge in [0, 0.05) is 29.1 Å². The van der Waals surface area contributed by atoms with Crippen molar-refractivity contribution < 1.29 is 28.6 Å². The number of rotatable bonds is 9. The fourth-order valence-electron chi connectivity index (χ4n) is 5.45. The van der Waals surface area contributed by atoms with E-state index >= 15 is 0 Å². The van der Waals surface area contributed by atoms with Crippen LogP contribution in [0.25, 0.3) is 10.9 Å². The number of aromatic nitrogens is 1. The topological polar surface area (TPSA) is 83.8 Å². The van der Waals surface area contributed by atoms with E-state index in [0.29, 0.717) is 19.4 Å². The fraction of sp³-hybridized carbons (Fsp3) is 0.414. The Labute approximate surface area is 211 Å². The Morgan fingerprint density at radius 2 is 1.39 bits per heavy atom. The molecule has 1 heterocycles. The molecule has 190 valence electrons. The third-order valence-corrected chi connectivity index (χ3v) is 6.87. The average molecular weight is 492 g/mol. The molecule has 0 fully saturated rings. The predicted molar refractivity (Wildman–Crippen MR) is 135 cm³/mol. The van der Waals surface area contributed by atoms with Crippen molar-refractivity contribution >= 4 is 28.8 Å². The predicted octanol–water partition coefficient (Wildman–Crippen LogP) is 4.79. The molecule has 0 saturated carbocycles. The van der Waals surface area contributed by atoms with Crippen molar-refractivity contribution in [3.8, 4) is 0 Å². The number of benzene rings is 2. The molecule has 4 rings (SSSR count). The van der Waals surface area contributed by atoms with Crippen LogP contribution >= 0.6 is 0 Å². The van der Waals surface area contributed by atoms with Gasteiger partial charge in [0.05, 0.1) is 19.8 Å². The van der Waals surface area contributed by atoms with Crippen molar-refractivity contribution in [3.05, 3.63) is 71.4 Å². The lowest BCUT2D eigenvalue weighted by Crippen LogP contribution is -2.54. The summed E-state index contributed by atoms with van der Waals surface area (Å²) in [5.41, 5.74) is 1.64. The lowest BCUT2D eigenvalue weighted by Gasteiger charge is -2.37. The largest absolute Gasteiger partial charge is 0.465 e. The van der Waals surface area contributed by atoms with Crippen LogP contribution in [0.3, 0.4) is 0 Å². The first-order valence-corrected chi connectivity index (χ1v) is 12.7. The van der Waals surface area contributed by atoms with Crippen LogP contribution in [0.1, 0.15) is 56.4 Å². The lowest BCUT2D eigenvalue weighted by atomic mass is 9.67. The number of nitrogens with zero attached hydrogens (tertiary/aromatic N) is 1. The van der Waals surface area contributed by atoms with Gasteiger partial charge in [0.15, 0.2) is 0 Å². The number of carbonyl (C=O) groups is 3. The normalized spacial score (nSPS) is 15.2. The van der Waals surface area contributed by atoms with Gasteiger partial charge in [-0.25, -0.2) is 0 Å². The molecular formula is C29H33NO6. The van der Waals surface area contributed by atoms with E-state index in [1.165, 1.54) is 0 Å². The fourth-order valence-corrected chi connectivity index (χ4v) is 5.45. The molecule has 0 radical (unpaired) electrons. The molecule has 0 saturated heterocycles. The quantitative estimate of drug-likeness (QED) is 0.243. The first kappa shape index (κ1) is 25.5. The van der Waals surface area contributed by atoms with Crippen molar-refractivity contribution in [3.63, 3.8) is 0 Å². The second kappa shape index (κ2) is 11.0. The molecule has 3 aromatic rings. The number of ether oxygens (including phenoxy) is 3. The summed E-state index contributed by atoms with van der Waals surface area (Å²) in [4.78, 5) is 41.0. The summed E-state index contributed by atoms with van der Waals surface area (Å²) in [6.07, 6.45) is 1.92. The van der Waals surface area contributed by atoms with Crippen LogP contribution in [0.4, 0.5) is 0 Å². The van der Waals surface area contributed by atoms with Gasteiger partial charge in [0.1, 0.15) is 0 Å². The summed E-state index contributed by atoms with van der Waals surface area (Å²) in [5.74, 6) is -3.56. The third-order valence-electron chi connectivity index (χ3n) is 6.87. The van der Waals surface area contributed by atoms with Crippen LogP contribution in [0, 0.1) is 5.41 Å². The van der Waals surface area contributed by atoms with Crippen LogP contribution in [-0.4, -0.2) is 42.3 Å². The zero-order valence-corrected chi connectivity index (χ0v) is 21.1. The molecule has 7 nitrogen and oxygen atoms in total. The molecular weight excluding hydrogens is 458 g/mol. The average Bonchev–Trinajstić information content (AvgIpc) is 3.20. The van der Waals surface area contributed by atoms with Gasteiger partial charge in [0.25, 0.3) is 5.41 Å². The molecule has 0 spiro atoms. The van der Waals surface area contributed by atoms with Crippen LogP contribution in [0.5, 0.6) is 0 Å². The summed E-state index contributed by atoms with van der Waals surface area (Å²) >= 11 is 0. The van der Waals surface area contributed by atoms with E-state index in [2.05, 4.69) is 10.6 Å². The summed E-state index contributed by atoms with van der Waals surface area (Å²) in [5, 5.41) is 1.05. The third kappa shape index (κ3) is 4.27. The van der Waals surface area contributed by atoms with E-state index < -0.39 is 29.2 Å². The Morgan fingerprint density at radius 1 is 0.833 bits per heavy atom. The van der Waals surface area contributed by atoms with Gasteiger partial charge in [-0.1, -0.05) is 48.5 Å². The molecule has 1 aliphatic rings. The zero-order valence-electron chi connectivity index (χ0n) is 21.1.